The molecule has 1 saturated heterocycles. The first-order chi connectivity index (χ1) is 14.6. The van der Waals surface area contributed by atoms with E-state index in [9.17, 15) is 19.2 Å². The molecule has 0 spiro atoms. The Morgan fingerprint density at radius 1 is 0.774 bits per heavy atom. The zero-order valence-corrected chi connectivity index (χ0v) is 18.4. The molecule has 0 amide bonds. The van der Waals surface area contributed by atoms with Crippen molar-refractivity contribution in [2.75, 3.05) is 40.0 Å². The van der Waals surface area contributed by atoms with Gasteiger partial charge in [0.1, 0.15) is 12.7 Å². The van der Waals surface area contributed by atoms with Crippen LogP contribution in [0.25, 0.3) is 0 Å². The molecule has 0 bridgehead atoms. The van der Waals surface area contributed by atoms with Gasteiger partial charge in [0.2, 0.25) is 0 Å². The molecule has 0 aromatic rings. The van der Waals surface area contributed by atoms with Crippen molar-refractivity contribution in [1.82, 2.24) is 5.32 Å². The van der Waals surface area contributed by atoms with Crippen LogP contribution in [0, 0.1) is 0 Å². The molecule has 31 heavy (non-hydrogen) atoms. The average Bonchev–Trinajstić information content (AvgIpc) is 2.66. The first-order valence-corrected chi connectivity index (χ1v) is 9.80. The molecule has 178 valence electrons. The Hall–Kier alpha value is -2.28. The third-order valence-electron chi connectivity index (χ3n) is 3.95. The van der Waals surface area contributed by atoms with Crippen molar-refractivity contribution in [3.63, 3.8) is 0 Å². The molecule has 1 heterocycles. The minimum Gasteiger partial charge on any atom is -0.463 e. The van der Waals surface area contributed by atoms with E-state index >= 15 is 0 Å². The average molecular weight is 449 g/mol. The fourth-order valence-electron chi connectivity index (χ4n) is 2.82. The van der Waals surface area contributed by atoms with Crippen LogP contribution >= 0.6 is 0 Å². The van der Waals surface area contributed by atoms with Gasteiger partial charge in [0, 0.05) is 34.2 Å². The predicted molar refractivity (Wildman–Crippen MR) is 103 cm³/mol. The van der Waals surface area contributed by atoms with E-state index in [1.165, 1.54) is 6.92 Å². The Balaban J connectivity index is 3.07. The Morgan fingerprint density at radius 3 is 1.90 bits per heavy atom. The molecule has 0 aromatic heterocycles. The van der Waals surface area contributed by atoms with E-state index in [0.29, 0.717) is 13.2 Å². The molecule has 5 atom stereocenters. The molecule has 0 aromatic carbocycles. The summed E-state index contributed by atoms with van der Waals surface area (Å²) in [5, 5.41) is 2.93. The molecule has 0 aliphatic carbocycles. The van der Waals surface area contributed by atoms with Gasteiger partial charge in [0.15, 0.2) is 24.6 Å². The zero-order chi connectivity index (χ0) is 23.4. The standard InChI is InChI=1S/C19H31NO11/c1-11(21)27-10-15-16(28-12(2)22)17(29-13(3)23)18(30-14(4)24)19(31-15)26-9-8-25-7-6-20-5/h15-20H,6-10H2,1-5H3/t15-,16-,17+,18-,19-/m1/s1. The lowest BCUT2D eigenvalue weighted by Gasteiger charge is -2.44. The van der Waals surface area contributed by atoms with Crippen LogP contribution in [-0.2, 0) is 52.3 Å². The normalized spacial score (nSPS) is 25.4. The van der Waals surface area contributed by atoms with Crippen molar-refractivity contribution in [2.45, 2.75) is 58.4 Å². The highest BCUT2D eigenvalue weighted by atomic mass is 16.7. The molecule has 0 radical (unpaired) electrons. The summed E-state index contributed by atoms with van der Waals surface area (Å²) in [6, 6.07) is 0. The second kappa shape index (κ2) is 13.9. The number of carbonyl (C=O) groups is 4. The molecule has 1 aliphatic rings. The summed E-state index contributed by atoms with van der Waals surface area (Å²) in [5.74, 6) is -2.68. The minimum atomic E-state index is -1.25. The van der Waals surface area contributed by atoms with Gasteiger partial charge in [-0.05, 0) is 7.05 Å². The quantitative estimate of drug-likeness (QED) is 0.229. The third-order valence-corrected chi connectivity index (χ3v) is 3.95. The number of hydrogen-bond acceptors (Lipinski definition) is 12. The largest absolute Gasteiger partial charge is 0.463 e. The summed E-state index contributed by atoms with van der Waals surface area (Å²) < 4.78 is 37.7. The Morgan fingerprint density at radius 2 is 1.35 bits per heavy atom. The maximum Gasteiger partial charge on any atom is 0.303 e. The topological polar surface area (TPSA) is 145 Å². The van der Waals surface area contributed by atoms with Gasteiger partial charge in [-0.2, -0.15) is 0 Å². The van der Waals surface area contributed by atoms with Gasteiger partial charge in [-0.25, -0.2) is 0 Å². The first-order valence-electron chi connectivity index (χ1n) is 9.80. The number of hydrogen-bond donors (Lipinski definition) is 1. The van der Waals surface area contributed by atoms with Crippen LogP contribution in [0.1, 0.15) is 27.7 Å². The van der Waals surface area contributed by atoms with Crippen LogP contribution in [0.5, 0.6) is 0 Å². The van der Waals surface area contributed by atoms with E-state index in [2.05, 4.69) is 5.32 Å². The number of carbonyl (C=O) groups excluding carboxylic acids is 4. The lowest BCUT2D eigenvalue weighted by atomic mass is 9.98. The Bertz CT molecular complexity index is 612. The highest BCUT2D eigenvalue weighted by Gasteiger charge is 2.52. The maximum absolute atomic E-state index is 11.7. The van der Waals surface area contributed by atoms with Crippen LogP contribution in [0.15, 0.2) is 0 Å². The van der Waals surface area contributed by atoms with Crippen LogP contribution in [0.2, 0.25) is 0 Å². The van der Waals surface area contributed by atoms with Gasteiger partial charge in [-0.3, -0.25) is 19.2 Å². The van der Waals surface area contributed by atoms with Gasteiger partial charge in [0.25, 0.3) is 0 Å². The first kappa shape index (κ1) is 26.8. The van der Waals surface area contributed by atoms with Crippen LogP contribution < -0.4 is 5.32 Å². The molecule has 1 rings (SSSR count). The number of likely N-dealkylation sites (N-methyl/N-ethyl adjacent to an activating group) is 1. The summed E-state index contributed by atoms with van der Waals surface area (Å²) in [6.07, 6.45) is -5.95. The molecular weight excluding hydrogens is 418 g/mol. The van der Waals surface area contributed by atoms with Crippen molar-refractivity contribution in [1.29, 1.82) is 0 Å². The van der Waals surface area contributed by atoms with E-state index in [-0.39, 0.29) is 19.8 Å². The Labute approximate surface area is 180 Å². The molecule has 1 aliphatic heterocycles. The van der Waals surface area contributed by atoms with Crippen molar-refractivity contribution < 1.29 is 52.3 Å². The van der Waals surface area contributed by atoms with Gasteiger partial charge in [-0.1, -0.05) is 0 Å². The fraction of sp³-hybridized carbons (Fsp3) is 0.789. The molecule has 0 unspecified atom stereocenters. The van der Waals surface area contributed by atoms with Crippen LogP contribution in [0.3, 0.4) is 0 Å². The third kappa shape index (κ3) is 10.0. The maximum atomic E-state index is 11.7. The lowest BCUT2D eigenvalue weighted by molar-refractivity contribution is -0.309. The number of rotatable bonds is 12. The highest BCUT2D eigenvalue weighted by Crippen LogP contribution is 2.29. The van der Waals surface area contributed by atoms with Crippen LogP contribution in [-0.4, -0.2) is 94.6 Å². The minimum absolute atomic E-state index is 0.0669. The van der Waals surface area contributed by atoms with E-state index in [0.717, 1.165) is 20.8 Å². The predicted octanol–water partition coefficient (Wildman–Crippen LogP) is -0.678. The zero-order valence-electron chi connectivity index (χ0n) is 18.4. The summed E-state index contributed by atoms with van der Waals surface area (Å²) >= 11 is 0. The summed E-state index contributed by atoms with van der Waals surface area (Å²) in [5.41, 5.74) is 0. The number of ether oxygens (including phenoxy) is 7. The van der Waals surface area contributed by atoms with E-state index < -0.39 is 54.6 Å². The van der Waals surface area contributed by atoms with Crippen molar-refractivity contribution in [2.24, 2.45) is 0 Å². The second-order valence-electron chi connectivity index (χ2n) is 6.65. The van der Waals surface area contributed by atoms with Crippen molar-refractivity contribution in [3.8, 4) is 0 Å². The van der Waals surface area contributed by atoms with Crippen molar-refractivity contribution >= 4 is 23.9 Å². The number of esters is 4. The number of nitrogens with one attached hydrogen (secondary N) is 1. The highest BCUT2D eigenvalue weighted by molar-refractivity contribution is 5.68. The van der Waals surface area contributed by atoms with Crippen molar-refractivity contribution in [3.05, 3.63) is 0 Å². The smallest absolute Gasteiger partial charge is 0.303 e. The molecule has 0 saturated carbocycles. The summed E-state index contributed by atoms with van der Waals surface area (Å²) in [4.78, 5) is 46.3. The molecule has 12 nitrogen and oxygen atoms in total. The SMILES string of the molecule is CNCCOCCO[C@@H]1O[C@H](COC(C)=O)[C@@H](OC(C)=O)[C@H](OC(C)=O)[C@H]1OC(C)=O. The van der Waals surface area contributed by atoms with Crippen LogP contribution in [0.4, 0.5) is 0 Å². The molecule has 1 N–H and O–H groups in total. The van der Waals surface area contributed by atoms with E-state index in [1.54, 1.807) is 7.05 Å². The van der Waals surface area contributed by atoms with Gasteiger partial charge in [-0.15, -0.1) is 0 Å². The molecular formula is C19H31NO11. The fourth-order valence-corrected chi connectivity index (χ4v) is 2.82. The van der Waals surface area contributed by atoms with Gasteiger partial charge < -0.3 is 38.5 Å². The summed E-state index contributed by atoms with van der Waals surface area (Å²) in [6.45, 7) is 5.75. The van der Waals surface area contributed by atoms with E-state index in [1.807, 2.05) is 0 Å². The van der Waals surface area contributed by atoms with Gasteiger partial charge >= 0.3 is 23.9 Å². The Kier molecular flexibility index (Phi) is 12.0. The second-order valence-corrected chi connectivity index (χ2v) is 6.65. The lowest BCUT2D eigenvalue weighted by Crippen LogP contribution is -2.63. The van der Waals surface area contributed by atoms with Gasteiger partial charge in [0.05, 0.1) is 19.8 Å². The van der Waals surface area contributed by atoms with E-state index in [4.69, 9.17) is 33.2 Å². The molecule has 12 heteroatoms. The summed E-state index contributed by atoms with van der Waals surface area (Å²) in [7, 11) is 1.79. The molecule has 1 fully saturated rings. The monoisotopic (exact) mass is 449 g/mol.